The highest BCUT2D eigenvalue weighted by atomic mass is 32.1. The Morgan fingerprint density at radius 1 is 0.907 bits per heavy atom. The highest BCUT2D eigenvalue weighted by Gasteiger charge is 2.29. The van der Waals surface area contributed by atoms with Gasteiger partial charge in [-0.25, -0.2) is 4.79 Å². The average molecular weight is 604 g/mol. The van der Waals surface area contributed by atoms with Crippen LogP contribution in [0.3, 0.4) is 0 Å². The normalized spacial score (nSPS) is 12.5. The number of likely N-dealkylation sites (N-methyl/N-ethyl adjacent to an activating group) is 2. The van der Waals surface area contributed by atoms with Crippen LogP contribution in [-0.2, 0) is 27.2 Å². The van der Waals surface area contributed by atoms with Gasteiger partial charge < -0.3 is 19.9 Å². The van der Waals surface area contributed by atoms with Crippen molar-refractivity contribution in [2.75, 3.05) is 20.6 Å². The summed E-state index contributed by atoms with van der Waals surface area (Å²) in [5.74, 6) is -0.390. The highest BCUT2D eigenvalue weighted by molar-refractivity contribution is 7.09. The van der Waals surface area contributed by atoms with Gasteiger partial charge in [-0.1, -0.05) is 66.7 Å². The second-order valence-corrected chi connectivity index (χ2v) is 13.5. The number of carbonyl (C=O) groups excluding carboxylic acids is 3. The Hall–Kier alpha value is -3.91. The Labute approximate surface area is 260 Å². The quantitative estimate of drug-likeness (QED) is 0.233. The number of hydrogen-bond acceptors (Lipinski definition) is 5. The summed E-state index contributed by atoms with van der Waals surface area (Å²) in [6, 6.07) is 21.7. The van der Waals surface area contributed by atoms with Gasteiger partial charge >= 0.3 is 6.09 Å². The molecule has 2 aromatic carbocycles. The first kappa shape index (κ1) is 33.6. The van der Waals surface area contributed by atoms with Crippen LogP contribution in [0.25, 0.3) is 11.1 Å². The summed E-state index contributed by atoms with van der Waals surface area (Å²) < 4.78 is 5.36. The first-order valence-corrected chi connectivity index (χ1v) is 15.5. The van der Waals surface area contributed by atoms with Crippen LogP contribution in [0.2, 0.25) is 0 Å². The minimum atomic E-state index is -0.680. The Bertz CT molecular complexity index is 1360. The number of rotatable bonds is 12. The Morgan fingerprint density at radius 2 is 1.56 bits per heavy atom. The van der Waals surface area contributed by atoms with Crippen LogP contribution in [-0.4, -0.2) is 65.5 Å². The maximum atomic E-state index is 13.8. The smallest absolute Gasteiger partial charge is 0.408 e. The molecule has 3 aromatic rings. The molecule has 0 spiro atoms. The summed E-state index contributed by atoms with van der Waals surface area (Å²) in [5.41, 5.74) is 1.95. The first-order valence-electron chi connectivity index (χ1n) is 14.6. The van der Waals surface area contributed by atoms with E-state index in [1.54, 1.807) is 36.4 Å². The van der Waals surface area contributed by atoms with E-state index in [9.17, 15) is 14.4 Å². The lowest BCUT2D eigenvalue weighted by molar-refractivity contribution is -0.141. The van der Waals surface area contributed by atoms with Crippen molar-refractivity contribution >= 4 is 29.2 Å². The van der Waals surface area contributed by atoms with Crippen LogP contribution in [0, 0.1) is 0 Å². The molecule has 7 nitrogen and oxygen atoms in total. The number of nitrogens with one attached hydrogen (secondary N) is 1. The molecule has 230 valence electrons. The van der Waals surface area contributed by atoms with Gasteiger partial charge in [-0.3, -0.25) is 9.59 Å². The van der Waals surface area contributed by atoms with Crippen LogP contribution in [0.5, 0.6) is 0 Å². The fraction of sp³-hybridized carbons (Fsp3) is 0.400. The summed E-state index contributed by atoms with van der Waals surface area (Å²) in [6.07, 6.45) is 4.25. The standard InChI is InChI=1S/C35H45N3O4S/c1-34(2,3)42-33(41)36-35(4,5)22-11-16-31(39)38(7)30(32(40)37(6)23-21-29-15-12-24-43-29)25-26-17-19-28(20-18-26)27-13-9-8-10-14-27/h8-20,24,30H,21-23,25H2,1-7H3,(H,36,41)/b16-11+/t30-/m1/s1. The molecule has 3 amide bonds. The summed E-state index contributed by atoms with van der Waals surface area (Å²) in [7, 11) is 3.46. The molecule has 1 aromatic heterocycles. The molecule has 0 fully saturated rings. The zero-order valence-electron chi connectivity index (χ0n) is 26.4. The van der Waals surface area contributed by atoms with Crippen molar-refractivity contribution in [1.82, 2.24) is 15.1 Å². The molecule has 0 saturated heterocycles. The number of amides is 3. The van der Waals surface area contributed by atoms with Crippen LogP contribution in [0.4, 0.5) is 4.79 Å². The van der Waals surface area contributed by atoms with Gasteiger partial charge in [0.15, 0.2) is 0 Å². The lowest BCUT2D eigenvalue weighted by Crippen LogP contribution is -2.49. The van der Waals surface area contributed by atoms with E-state index in [4.69, 9.17) is 4.74 Å². The van der Waals surface area contributed by atoms with Crippen molar-refractivity contribution in [3.8, 4) is 11.1 Å². The second-order valence-electron chi connectivity index (χ2n) is 12.4. The molecule has 43 heavy (non-hydrogen) atoms. The predicted molar refractivity (Wildman–Crippen MR) is 175 cm³/mol. The van der Waals surface area contributed by atoms with Gasteiger partial charge in [0.1, 0.15) is 11.6 Å². The van der Waals surface area contributed by atoms with E-state index in [2.05, 4.69) is 23.5 Å². The number of benzene rings is 2. The lowest BCUT2D eigenvalue weighted by Gasteiger charge is -2.31. The van der Waals surface area contributed by atoms with Crippen LogP contribution in [0.15, 0.2) is 84.3 Å². The lowest BCUT2D eigenvalue weighted by atomic mass is 9.99. The van der Waals surface area contributed by atoms with Gasteiger partial charge in [-0.05, 0) is 81.7 Å². The molecule has 0 saturated carbocycles. The third-order valence-corrected chi connectivity index (χ3v) is 7.90. The zero-order chi connectivity index (χ0) is 31.6. The van der Waals surface area contributed by atoms with Crippen molar-refractivity contribution in [2.45, 2.75) is 71.1 Å². The van der Waals surface area contributed by atoms with E-state index in [1.807, 2.05) is 88.5 Å². The molecular weight excluding hydrogens is 558 g/mol. The van der Waals surface area contributed by atoms with Crippen LogP contribution >= 0.6 is 11.3 Å². The first-order chi connectivity index (χ1) is 20.2. The van der Waals surface area contributed by atoms with Gasteiger partial charge in [0.25, 0.3) is 0 Å². The van der Waals surface area contributed by atoms with E-state index in [0.717, 1.165) is 23.1 Å². The summed E-state index contributed by atoms with van der Waals surface area (Å²) in [5, 5.41) is 4.88. The predicted octanol–water partition coefficient (Wildman–Crippen LogP) is 6.74. The van der Waals surface area contributed by atoms with E-state index in [-0.39, 0.29) is 11.8 Å². The van der Waals surface area contributed by atoms with Crippen molar-refractivity contribution in [2.24, 2.45) is 0 Å². The Balaban J connectivity index is 1.72. The fourth-order valence-corrected chi connectivity index (χ4v) is 5.23. The molecular formula is C35H45N3O4S. The van der Waals surface area contributed by atoms with Crippen LogP contribution < -0.4 is 5.32 Å². The molecule has 0 unspecified atom stereocenters. The Morgan fingerprint density at radius 3 is 2.16 bits per heavy atom. The minimum Gasteiger partial charge on any atom is -0.444 e. The van der Waals surface area contributed by atoms with Gasteiger partial charge in [0, 0.05) is 37.5 Å². The molecule has 1 N–H and O–H groups in total. The molecule has 0 radical (unpaired) electrons. The number of hydrogen-bond donors (Lipinski definition) is 1. The number of thiophene rings is 1. The molecule has 0 aliphatic rings. The van der Waals surface area contributed by atoms with E-state index < -0.39 is 23.3 Å². The van der Waals surface area contributed by atoms with Gasteiger partial charge in [0.05, 0.1) is 0 Å². The van der Waals surface area contributed by atoms with Crippen molar-refractivity contribution in [3.05, 3.63) is 94.7 Å². The van der Waals surface area contributed by atoms with Crippen molar-refractivity contribution in [3.63, 3.8) is 0 Å². The Kier molecular flexibility index (Phi) is 11.7. The molecule has 0 bridgehead atoms. The molecule has 1 atom stereocenters. The van der Waals surface area contributed by atoms with Crippen molar-refractivity contribution < 1.29 is 19.1 Å². The summed E-state index contributed by atoms with van der Waals surface area (Å²) >= 11 is 1.67. The summed E-state index contributed by atoms with van der Waals surface area (Å²) in [4.78, 5) is 43.8. The number of nitrogens with zero attached hydrogens (tertiary/aromatic N) is 2. The third kappa shape index (κ3) is 11.0. The molecule has 0 aliphatic carbocycles. The van der Waals surface area contributed by atoms with Crippen molar-refractivity contribution in [1.29, 1.82) is 0 Å². The molecule has 8 heteroatoms. The maximum Gasteiger partial charge on any atom is 0.408 e. The topological polar surface area (TPSA) is 79.0 Å². The second kappa shape index (κ2) is 15.0. The molecule has 3 rings (SSSR count). The van der Waals surface area contributed by atoms with E-state index in [1.165, 1.54) is 15.9 Å². The van der Waals surface area contributed by atoms with Gasteiger partial charge in [-0.15, -0.1) is 11.3 Å². The van der Waals surface area contributed by atoms with Crippen LogP contribution in [0.1, 0.15) is 51.5 Å². The molecule has 1 heterocycles. The zero-order valence-corrected chi connectivity index (χ0v) is 27.2. The highest BCUT2D eigenvalue weighted by Crippen LogP contribution is 2.21. The summed E-state index contributed by atoms with van der Waals surface area (Å²) in [6.45, 7) is 9.72. The van der Waals surface area contributed by atoms with E-state index >= 15 is 0 Å². The average Bonchev–Trinajstić information content (AvgIpc) is 3.47. The van der Waals surface area contributed by atoms with Gasteiger partial charge in [0.2, 0.25) is 11.8 Å². The number of ether oxygens (including phenoxy) is 1. The van der Waals surface area contributed by atoms with Gasteiger partial charge in [-0.2, -0.15) is 0 Å². The maximum absolute atomic E-state index is 13.8. The number of alkyl carbamates (subject to hydrolysis) is 1. The molecule has 0 aliphatic heterocycles. The number of carbonyl (C=O) groups is 3. The largest absolute Gasteiger partial charge is 0.444 e. The monoisotopic (exact) mass is 603 g/mol. The minimum absolute atomic E-state index is 0.111. The van der Waals surface area contributed by atoms with E-state index in [0.29, 0.717) is 19.4 Å². The third-order valence-electron chi connectivity index (χ3n) is 6.97. The fourth-order valence-electron chi connectivity index (χ4n) is 4.53. The SMILES string of the molecule is CN(CCc1cccs1)C(=O)[C@@H](Cc1ccc(-c2ccccc2)cc1)N(C)C(=O)/C=C/CC(C)(C)NC(=O)OC(C)(C)C.